The average Bonchev–Trinajstić information content (AvgIpc) is 2.50. The molecule has 2 N–H and O–H groups in total. The van der Waals surface area contributed by atoms with Gasteiger partial charge in [-0.05, 0) is 49.4 Å². The Bertz CT molecular complexity index is 620. The van der Waals surface area contributed by atoms with Crippen LogP contribution in [0.5, 0.6) is 0 Å². The number of nitrogen functional groups attached to an aromatic ring is 1. The van der Waals surface area contributed by atoms with Crippen LogP contribution in [-0.2, 0) is 0 Å². The fraction of sp³-hybridized carbons (Fsp3) is 0.235. The van der Waals surface area contributed by atoms with E-state index >= 15 is 0 Å². The minimum absolute atomic E-state index is 0.00836. The van der Waals surface area contributed by atoms with Crippen molar-refractivity contribution in [1.29, 1.82) is 0 Å². The highest BCUT2D eigenvalue weighted by Crippen LogP contribution is 2.21. The second kappa shape index (κ2) is 6.31. The molecule has 0 fully saturated rings. The van der Waals surface area contributed by atoms with Gasteiger partial charge in [0.15, 0.2) is 0 Å². The van der Waals surface area contributed by atoms with Crippen molar-refractivity contribution in [3.8, 4) is 0 Å². The van der Waals surface area contributed by atoms with E-state index < -0.39 is 0 Å². The van der Waals surface area contributed by atoms with Gasteiger partial charge in [0.05, 0.1) is 0 Å². The van der Waals surface area contributed by atoms with Gasteiger partial charge < -0.3 is 15.5 Å². The summed E-state index contributed by atoms with van der Waals surface area (Å²) in [6.07, 6.45) is 0. The first-order chi connectivity index (χ1) is 10.0. The van der Waals surface area contributed by atoms with Crippen LogP contribution < -0.4 is 15.5 Å². The van der Waals surface area contributed by atoms with E-state index in [2.05, 4.69) is 0 Å². The number of rotatable bonds is 4. The zero-order chi connectivity index (χ0) is 15.4. The Morgan fingerprint density at radius 3 is 2.29 bits per heavy atom. The number of carbonyl (C=O) groups is 1. The van der Waals surface area contributed by atoms with E-state index in [-0.39, 0.29) is 5.91 Å². The molecule has 0 bridgehead atoms. The SMILES string of the molecule is CCN(C(=O)c1cccc(N(C)C)c1)c1ccc(N)cc1. The molecule has 0 heterocycles. The van der Waals surface area contributed by atoms with Gasteiger partial charge in [0.2, 0.25) is 0 Å². The first-order valence-electron chi connectivity index (χ1n) is 6.97. The van der Waals surface area contributed by atoms with Crippen LogP contribution >= 0.6 is 0 Å². The summed E-state index contributed by atoms with van der Waals surface area (Å²) >= 11 is 0. The maximum atomic E-state index is 12.7. The molecular formula is C17H21N3O. The molecule has 0 saturated heterocycles. The van der Waals surface area contributed by atoms with Gasteiger partial charge in [-0.2, -0.15) is 0 Å². The van der Waals surface area contributed by atoms with Gasteiger partial charge in [-0.3, -0.25) is 4.79 Å². The maximum absolute atomic E-state index is 12.7. The molecule has 2 aromatic rings. The summed E-state index contributed by atoms with van der Waals surface area (Å²) in [4.78, 5) is 16.4. The van der Waals surface area contributed by atoms with Crippen LogP contribution in [0, 0.1) is 0 Å². The lowest BCUT2D eigenvalue weighted by Gasteiger charge is -2.22. The molecule has 0 aliphatic rings. The Balaban J connectivity index is 2.32. The molecule has 0 unspecified atom stereocenters. The monoisotopic (exact) mass is 283 g/mol. The quantitative estimate of drug-likeness (QED) is 0.878. The largest absolute Gasteiger partial charge is 0.399 e. The van der Waals surface area contributed by atoms with Crippen molar-refractivity contribution in [3.63, 3.8) is 0 Å². The van der Waals surface area contributed by atoms with Crippen LogP contribution in [0.2, 0.25) is 0 Å². The van der Waals surface area contributed by atoms with E-state index in [1.807, 2.05) is 74.4 Å². The molecule has 2 rings (SSSR count). The van der Waals surface area contributed by atoms with E-state index in [4.69, 9.17) is 5.73 Å². The topological polar surface area (TPSA) is 49.6 Å². The third-order valence-corrected chi connectivity index (χ3v) is 3.38. The minimum atomic E-state index is -0.00836. The Morgan fingerprint density at radius 1 is 1.05 bits per heavy atom. The summed E-state index contributed by atoms with van der Waals surface area (Å²) in [5.41, 5.74) is 8.93. The second-order valence-electron chi connectivity index (χ2n) is 5.09. The number of benzene rings is 2. The van der Waals surface area contributed by atoms with Crippen molar-refractivity contribution in [3.05, 3.63) is 54.1 Å². The van der Waals surface area contributed by atoms with Gasteiger partial charge in [-0.25, -0.2) is 0 Å². The molecule has 4 nitrogen and oxygen atoms in total. The van der Waals surface area contributed by atoms with Gasteiger partial charge in [-0.15, -0.1) is 0 Å². The molecule has 0 atom stereocenters. The Kier molecular flexibility index (Phi) is 4.48. The summed E-state index contributed by atoms with van der Waals surface area (Å²) in [5.74, 6) is -0.00836. The normalized spacial score (nSPS) is 10.2. The van der Waals surface area contributed by atoms with Crippen LogP contribution in [0.3, 0.4) is 0 Å². The molecule has 4 heteroatoms. The van der Waals surface area contributed by atoms with E-state index in [0.717, 1.165) is 11.4 Å². The van der Waals surface area contributed by atoms with Crippen molar-refractivity contribution in [2.24, 2.45) is 0 Å². The van der Waals surface area contributed by atoms with Gasteiger partial charge in [0.25, 0.3) is 5.91 Å². The molecule has 0 aromatic heterocycles. The predicted molar refractivity (Wildman–Crippen MR) is 89.0 cm³/mol. The van der Waals surface area contributed by atoms with E-state index in [1.165, 1.54) is 0 Å². The van der Waals surface area contributed by atoms with Crippen molar-refractivity contribution < 1.29 is 4.79 Å². The first-order valence-corrected chi connectivity index (χ1v) is 6.97. The number of hydrogen-bond donors (Lipinski definition) is 1. The van der Waals surface area contributed by atoms with Gasteiger partial charge in [-0.1, -0.05) is 6.07 Å². The molecule has 0 radical (unpaired) electrons. The van der Waals surface area contributed by atoms with E-state index in [0.29, 0.717) is 17.8 Å². The maximum Gasteiger partial charge on any atom is 0.258 e. The van der Waals surface area contributed by atoms with Crippen molar-refractivity contribution in [1.82, 2.24) is 0 Å². The van der Waals surface area contributed by atoms with Crippen molar-refractivity contribution >= 4 is 23.0 Å². The molecule has 2 aromatic carbocycles. The van der Waals surface area contributed by atoms with Crippen LogP contribution in [-0.4, -0.2) is 26.5 Å². The first kappa shape index (κ1) is 14.9. The average molecular weight is 283 g/mol. The van der Waals surface area contributed by atoms with Crippen LogP contribution in [0.4, 0.5) is 17.1 Å². The number of nitrogens with two attached hydrogens (primary N) is 1. The fourth-order valence-corrected chi connectivity index (χ4v) is 2.17. The highest BCUT2D eigenvalue weighted by Gasteiger charge is 2.16. The standard InChI is InChI=1S/C17H21N3O/c1-4-20(15-10-8-14(18)9-11-15)17(21)13-6-5-7-16(12-13)19(2)3/h5-12H,4,18H2,1-3H3. The highest BCUT2D eigenvalue weighted by molar-refractivity contribution is 6.06. The summed E-state index contributed by atoms with van der Waals surface area (Å²) < 4.78 is 0. The zero-order valence-corrected chi connectivity index (χ0v) is 12.7. The second-order valence-corrected chi connectivity index (χ2v) is 5.09. The Labute approximate surface area is 125 Å². The molecule has 1 amide bonds. The molecule has 0 spiro atoms. The smallest absolute Gasteiger partial charge is 0.258 e. The molecular weight excluding hydrogens is 262 g/mol. The molecule has 110 valence electrons. The van der Waals surface area contributed by atoms with E-state index in [1.54, 1.807) is 4.90 Å². The predicted octanol–water partition coefficient (Wildman–Crippen LogP) is 3.00. The number of hydrogen-bond acceptors (Lipinski definition) is 3. The van der Waals surface area contributed by atoms with Crippen molar-refractivity contribution in [2.75, 3.05) is 36.2 Å². The van der Waals surface area contributed by atoms with Gasteiger partial charge in [0, 0.05) is 43.3 Å². The molecule has 0 aliphatic carbocycles. The lowest BCUT2D eigenvalue weighted by atomic mass is 10.1. The van der Waals surface area contributed by atoms with Crippen LogP contribution in [0.1, 0.15) is 17.3 Å². The minimum Gasteiger partial charge on any atom is -0.399 e. The Hall–Kier alpha value is -2.49. The molecule has 0 saturated carbocycles. The van der Waals surface area contributed by atoms with Gasteiger partial charge in [0.1, 0.15) is 0 Å². The van der Waals surface area contributed by atoms with E-state index in [9.17, 15) is 4.79 Å². The van der Waals surface area contributed by atoms with Gasteiger partial charge >= 0.3 is 0 Å². The summed E-state index contributed by atoms with van der Waals surface area (Å²) in [6, 6.07) is 15.0. The van der Waals surface area contributed by atoms with Crippen LogP contribution in [0.25, 0.3) is 0 Å². The number of nitrogens with zero attached hydrogens (tertiary/aromatic N) is 2. The fourth-order valence-electron chi connectivity index (χ4n) is 2.17. The highest BCUT2D eigenvalue weighted by atomic mass is 16.2. The summed E-state index contributed by atoms with van der Waals surface area (Å²) in [7, 11) is 3.92. The third-order valence-electron chi connectivity index (χ3n) is 3.38. The van der Waals surface area contributed by atoms with Crippen LogP contribution in [0.15, 0.2) is 48.5 Å². The zero-order valence-electron chi connectivity index (χ0n) is 12.7. The summed E-state index contributed by atoms with van der Waals surface area (Å²) in [5, 5.41) is 0. The number of anilines is 3. The number of amides is 1. The third kappa shape index (κ3) is 3.34. The molecule has 21 heavy (non-hydrogen) atoms. The lowest BCUT2D eigenvalue weighted by Crippen LogP contribution is -2.30. The lowest BCUT2D eigenvalue weighted by molar-refractivity contribution is 0.0988. The number of carbonyl (C=O) groups excluding carboxylic acids is 1. The summed E-state index contributed by atoms with van der Waals surface area (Å²) in [6.45, 7) is 2.57. The molecule has 0 aliphatic heterocycles. The van der Waals surface area contributed by atoms with Crippen molar-refractivity contribution in [2.45, 2.75) is 6.92 Å². The Morgan fingerprint density at radius 2 is 1.71 bits per heavy atom.